The van der Waals surface area contributed by atoms with Gasteiger partial charge >= 0.3 is 0 Å². The van der Waals surface area contributed by atoms with Gasteiger partial charge in [0.15, 0.2) is 0 Å². The first kappa shape index (κ1) is 14.8. The molecule has 0 bridgehead atoms. The van der Waals surface area contributed by atoms with Gasteiger partial charge in [0.25, 0.3) is 0 Å². The number of ether oxygens (including phenoxy) is 1. The number of hydrogen-bond acceptors (Lipinski definition) is 3. The monoisotopic (exact) mass is 287 g/mol. The van der Waals surface area contributed by atoms with Gasteiger partial charge in [-0.2, -0.15) is 0 Å². The zero-order valence-corrected chi connectivity index (χ0v) is 12.9. The maximum atomic E-state index is 5.45. The Balaban J connectivity index is 1.97. The lowest BCUT2D eigenvalue weighted by Gasteiger charge is -2.11. The van der Waals surface area contributed by atoms with Crippen LogP contribution in [-0.4, -0.2) is 12.4 Å². The predicted molar refractivity (Wildman–Crippen MR) is 87.8 cm³/mol. The van der Waals surface area contributed by atoms with Gasteiger partial charge in [-0.15, -0.1) is 11.8 Å². The predicted octanol–water partition coefficient (Wildman–Crippen LogP) is 4.81. The molecule has 0 atom stereocenters. The van der Waals surface area contributed by atoms with Gasteiger partial charge in [-0.25, -0.2) is 0 Å². The molecule has 0 amide bonds. The van der Waals surface area contributed by atoms with Crippen LogP contribution >= 0.6 is 11.8 Å². The Bertz CT molecular complexity index is 525. The Morgan fingerprint density at radius 2 is 1.75 bits per heavy atom. The second kappa shape index (κ2) is 7.85. The van der Waals surface area contributed by atoms with Crippen LogP contribution in [0.5, 0.6) is 5.75 Å². The van der Waals surface area contributed by atoms with Crippen molar-refractivity contribution in [3.05, 3.63) is 54.1 Å². The molecule has 0 aliphatic carbocycles. The highest BCUT2D eigenvalue weighted by molar-refractivity contribution is 7.99. The standard InChI is InChI=1S/C17H21NOS/c1-3-19-15-11-9-14(10-12-15)13-18-16-7-5-6-8-17(16)20-4-2/h5-12,18H,3-4,13H2,1-2H3. The fourth-order valence-corrected chi connectivity index (χ4v) is 2.74. The molecule has 1 N–H and O–H groups in total. The van der Waals surface area contributed by atoms with Crippen molar-refractivity contribution in [2.45, 2.75) is 25.3 Å². The van der Waals surface area contributed by atoms with Gasteiger partial charge in [0.1, 0.15) is 5.75 Å². The quantitative estimate of drug-likeness (QED) is 0.738. The first-order valence-corrected chi connectivity index (χ1v) is 7.99. The van der Waals surface area contributed by atoms with Gasteiger partial charge in [-0.05, 0) is 42.5 Å². The summed E-state index contributed by atoms with van der Waals surface area (Å²) in [6, 6.07) is 16.7. The Kier molecular flexibility index (Phi) is 5.81. The molecule has 0 aromatic heterocycles. The van der Waals surface area contributed by atoms with Crippen LogP contribution in [0.25, 0.3) is 0 Å². The van der Waals surface area contributed by atoms with Gasteiger partial charge < -0.3 is 10.1 Å². The lowest BCUT2D eigenvalue weighted by Crippen LogP contribution is -2.00. The first-order chi connectivity index (χ1) is 9.83. The summed E-state index contributed by atoms with van der Waals surface area (Å²) < 4.78 is 5.45. The van der Waals surface area contributed by atoms with Crippen LogP contribution in [0.15, 0.2) is 53.4 Å². The van der Waals surface area contributed by atoms with Crippen molar-refractivity contribution < 1.29 is 4.74 Å². The number of nitrogens with one attached hydrogen (secondary N) is 1. The second-order valence-electron chi connectivity index (χ2n) is 4.36. The molecule has 3 heteroatoms. The van der Waals surface area contributed by atoms with Gasteiger partial charge in [0.05, 0.1) is 6.61 Å². The molecule has 2 aromatic rings. The summed E-state index contributed by atoms with van der Waals surface area (Å²) in [7, 11) is 0. The third-order valence-corrected chi connectivity index (χ3v) is 3.86. The summed E-state index contributed by atoms with van der Waals surface area (Å²) >= 11 is 1.86. The molecule has 0 saturated carbocycles. The summed E-state index contributed by atoms with van der Waals surface area (Å²) in [6.07, 6.45) is 0. The van der Waals surface area contributed by atoms with Gasteiger partial charge in [0, 0.05) is 17.1 Å². The van der Waals surface area contributed by atoms with Gasteiger partial charge in [-0.3, -0.25) is 0 Å². The normalized spacial score (nSPS) is 10.3. The van der Waals surface area contributed by atoms with E-state index >= 15 is 0 Å². The zero-order valence-electron chi connectivity index (χ0n) is 12.1. The topological polar surface area (TPSA) is 21.3 Å². The first-order valence-electron chi connectivity index (χ1n) is 7.01. The maximum absolute atomic E-state index is 5.45. The molecule has 20 heavy (non-hydrogen) atoms. The lowest BCUT2D eigenvalue weighted by atomic mass is 10.2. The van der Waals surface area contributed by atoms with E-state index in [1.165, 1.54) is 16.1 Å². The van der Waals surface area contributed by atoms with E-state index in [9.17, 15) is 0 Å². The Hall–Kier alpha value is -1.61. The van der Waals surface area contributed by atoms with Crippen molar-refractivity contribution in [1.29, 1.82) is 0 Å². The molecule has 0 fully saturated rings. The summed E-state index contributed by atoms with van der Waals surface area (Å²) in [4.78, 5) is 1.31. The number of anilines is 1. The van der Waals surface area contributed by atoms with Crippen molar-refractivity contribution in [2.75, 3.05) is 17.7 Å². The van der Waals surface area contributed by atoms with Crippen molar-refractivity contribution in [3.8, 4) is 5.75 Å². The van der Waals surface area contributed by atoms with E-state index in [0.29, 0.717) is 6.61 Å². The van der Waals surface area contributed by atoms with Crippen molar-refractivity contribution in [2.24, 2.45) is 0 Å². The summed E-state index contributed by atoms with van der Waals surface area (Å²) in [5, 5.41) is 3.50. The molecule has 0 spiro atoms. The average Bonchev–Trinajstić information content (AvgIpc) is 2.48. The average molecular weight is 287 g/mol. The van der Waals surface area contributed by atoms with E-state index in [4.69, 9.17) is 4.74 Å². The summed E-state index contributed by atoms with van der Waals surface area (Å²) in [5.41, 5.74) is 2.46. The van der Waals surface area contributed by atoms with Crippen LogP contribution in [-0.2, 0) is 6.54 Å². The third-order valence-electron chi connectivity index (χ3n) is 2.90. The molecule has 0 aliphatic heterocycles. The minimum Gasteiger partial charge on any atom is -0.494 e. The van der Waals surface area contributed by atoms with E-state index in [-0.39, 0.29) is 0 Å². The molecule has 0 heterocycles. The largest absolute Gasteiger partial charge is 0.494 e. The van der Waals surface area contributed by atoms with Gasteiger partial charge in [0.2, 0.25) is 0 Å². The fraction of sp³-hybridized carbons (Fsp3) is 0.294. The Labute approximate surface area is 125 Å². The molecule has 106 valence electrons. The smallest absolute Gasteiger partial charge is 0.119 e. The molecular weight excluding hydrogens is 266 g/mol. The number of rotatable bonds is 7. The summed E-state index contributed by atoms with van der Waals surface area (Å²) in [5.74, 6) is 2.01. The van der Waals surface area contributed by atoms with Crippen molar-refractivity contribution >= 4 is 17.4 Å². The molecule has 2 nitrogen and oxygen atoms in total. The Morgan fingerprint density at radius 1 is 1.00 bits per heavy atom. The van der Waals surface area contributed by atoms with E-state index in [1.54, 1.807) is 0 Å². The molecule has 2 aromatic carbocycles. The highest BCUT2D eigenvalue weighted by Crippen LogP contribution is 2.27. The SMILES string of the molecule is CCOc1ccc(CNc2ccccc2SCC)cc1. The fourth-order valence-electron chi connectivity index (χ4n) is 1.96. The molecule has 0 saturated heterocycles. The summed E-state index contributed by atoms with van der Waals surface area (Å²) in [6.45, 7) is 5.71. The highest BCUT2D eigenvalue weighted by atomic mass is 32.2. The highest BCUT2D eigenvalue weighted by Gasteiger charge is 2.01. The molecule has 0 unspecified atom stereocenters. The van der Waals surface area contributed by atoms with Crippen molar-refractivity contribution in [1.82, 2.24) is 0 Å². The zero-order chi connectivity index (χ0) is 14.2. The van der Waals surface area contributed by atoms with Crippen LogP contribution in [0.4, 0.5) is 5.69 Å². The van der Waals surface area contributed by atoms with E-state index in [0.717, 1.165) is 18.0 Å². The maximum Gasteiger partial charge on any atom is 0.119 e. The Morgan fingerprint density at radius 3 is 2.45 bits per heavy atom. The van der Waals surface area contributed by atoms with E-state index < -0.39 is 0 Å². The number of para-hydroxylation sites is 1. The molecule has 0 aliphatic rings. The van der Waals surface area contributed by atoms with E-state index in [1.807, 2.05) is 30.8 Å². The minimum atomic E-state index is 0.708. The van der Waals surface area contributed by atoms with E-state index in [2.05, 4.69) is 48.6 Å². The third kappa shape index (κ3) is 4.20. The van der Waals surface area contributed by atoms with Crippen LogP contribution in [0.2, 0.25) is 0 Å². The van der Waals surface area contributed by atoms with Crippen LogP contribution < -0.4 is 10.1 Å². The second-order valence-corrected chi connectivity index (χ2v) is 5.67. The number of benzene rings is 2. The van der Waals surface area contributed by atoms with Crippen LogP contribution in [0.1, 0.15) is 19.4 Å². The minimum absolute atomic E-state index is 0.708. The number of thioether (sulfide) groups is 1. The van der Waals surface area contributed by atoms with Gasteiger partial charge in [-0.1, -0.05) is 31.2 Å². The molecule has 0 radical (unpaired) electrons. The van der Waals surface area contributed by atoms with Crippen LogP contribution in [0, 0.1) is 0 Å². The van der Waals surface area contributed by atoms with Crippen molar-refractivity contribution in [3.63, 3.8) is 0 Å². The number of hydrogen-bond donors (Lipinski definition) is 1. The molecule has 2 rings (SSSR count). The lowest BCUT2D eigenvalue weighted by molar-refractivity contribution is 0.340. The molecular formula is C17H21NOS. The van der Waals surface area contributed by atoms with Crippen LogP contribution in [0.3, 0.4) is 0 Å².